The summed E-state index contributed by atoms with van der Waals surface area (Å²) in [5.41, 5.74) is 1.90. The van der Waals surface area contributed by atoms with Gasteiger partial charge in [-0.25, -0.2) is 4.79 Å². The van der Waals surface area contributed by atoms with Crippen molar-refractivity contribution in [2.75, 3.05) is 6.54 Å². The van der Waals surface area contributed by atoms with Gasteiger partial charge in [0.2, 0.25) is 11.8 Å². The van der Waals surface area contributed by atoms with Crippen LogP contribution in [-0.2, 0) is 14.4 Å². The number of carbonyl (C=O) groups is 3. The van der Waals surface area contributed by atoms with Crippen LogP contribution in [0.4, 0.5) is 0 Å². The summed E-state index contributed by atoms with van der Waals surface area (Å²) in [6, 6.07) is 5.46. The zero-order valence-corrected chi connectivity index (χ0v) is 13.7. The fraction of sp³-hybridized carbons (Fsp3) is 0.421. The van der Waals surface area contributed by atoms with E-state index in [4.69, 9.17) is 4.74 Å². The maximum absolute atomic E-state index is 12.6. The molecule has 5 heteroatoms. The van der Waals surface area contributed by atoms with Crippen LogP contribution in [0.3, 0.4) is 0 Å². The van der Waals surface area contributed by atoms with E-state index >= 15 is 0 Å². The zero-order valence-electron chi connectivity index (χ0n) is 13.7. The van der Waals surface area contributed by atoms with Gasteiger partial charge < -0.3 is 4.74 Å². The monoisotopic (exact) mass is 325 g/mol. The Balaban J connectivity index is 1.48. The van der Waals surface area contributed by atoms with Crippen LogP contribution in [0.15, 0.2) is 30.4 Å². The summed E-state index contributed by atoms with van der Waals surface area (Å²) >= 11 is 0. The number of imide groups is 1. The van der Waals surface area contributed by atoms with E-state index in [9.17, 15) is 14.4 Å². The highest BCUT2D eigenvalue weighted by molar-refractivity contribution is 6.08. The van der Waals surface area contributed by atoms with E-state index in [-0.39, 0.29) is 42.0 Å². The average molecular weight is 325 g/mol. The Morgan fingerprint density at radius 2 is 1.75 bits per heavy atom. The van der Waals surface area contributed by atoms with Crippen molar-refractivity contribution in [2.24, 2.45) is 23.7 Å². The molecule has 1 saturated carbocycles. The Kier molecular flexibility index (Phi) is 3.34. The van der Waals surface area contributed by atoms with Crippen molar-refractivity contribution in [2.45, 2.75) is 20.3 Å². The number of rotatable bonds is 3. The SMILES string of the molecule is Cc1cccc(OC(=O)CN2C(=O)C3C4C=CC(C4)C3C2=O)c1C. The molecule has 24 heavy (non-hydrogen) atoms. The summed E-state index contributed by atoms with van der Waals surface area (Å²) in [7, 11) is 0. The van der Waals surface area contributed by atoms with Gasteiger partial charge in [-0.05, 0) is 49.3 Å². The Morgan fingerprint density at radius 3 is 2.38 bits per heavy atom. The molecule has 1 heterocycles. The molecule has 2 amide bonds. The Bertz CT molecular complexity index is 752. The number of esters is 1. The van der Waals surface area contributed by atoms with Gasteiger partial charge in [-0.2, -0.15) is 0 Å². The van der Waals surface area contributed by atoms with Crippen LogP contribution in [0.5, 0.6) is 5.75 Å². The van der Waals surface area contributed by atoms with Gasteiger partial charge in [-0.1, -0.05) is 24.3 Å². The van der Waals surface area contributed by atoms with Crippen LogP contribution in [0.2, 0.25) is 0 Å². The molecule has 2 aliphatic carbocycles. The maximum atomic E-state index is 12.6. The summed E-state index contributed by atoms with van der Waals surface area (Å²) in [5.74, 6) is -0.804. The molecule has 4 rings (SSSR count). The fourth-order valence-electron chi connectivity index (χ4n) is 4.24. The topological polar surface area (TPSA) is 63.7 Å². The van der Waals surface area contributed by atoms with Crippen LogP contribution in [0.1, 0.15) is 17.5 Å². The molecule has 1 aromatic rings. The molecule has 124 valence electrons. The van der Waals surface area contributed by atoms with E-state index in [0.29, 0.717) is 5.75 Å². The number of carbonyl (C=O) groups excluding carboxylic acids is 3. The number of likely N-dealkylation sites (tertiary alicyclic amines) is 1. The van der Waals surface area contributed by atoms with Crippen LogP contribution in [0, 0.1) is 37.5 Å². The van der Waals surface area contributed by atoms with Gasteiger partial charge in [0.25, 0.3) is 0 Å². The predicted octanol–water partition coefficient (Wildman–Crippen LogP) is 2.02. The highest BCUT2D eigenvalue weighted by atomic mass is 16.5. The Labute approximate surface area is 140 Å². The average Bonchev–Trinajstić information content (AvgIpc) is 3.22. The first kappa shape index (κ1) is 15.1. The Morgan fingerprint density at radius 1 is 1.12 bits per heavy atom. The second-order valence-corrected chi connectivity index (χ2v) is 6.93. The van der Waals surface area contributed by atoms with Crippen molar-refractivity contribution in [3.8, 4) is 5.75 Å². The molecule has 5 nitrogen and oxygen atoms in total. The molecular formula is C19H19NO4. The van der Waals surface area contributed by atoms with Crippen molar-refractivity contribution in [1.82, 2.24) is 4.90 Å². The summed E-state index contributed by atoms with van der Waals surface area (Å²) in [6.45, 7) is 3.50. The van der Waals surface area contributed by atoms with Gasteiger partial charge in [-0.15, -0.1) is 0 Å². The number of nitrogens with zero attached hydrogens (tertiary/aromatic N) is 1. The quantitative estimate of drug-likeness (QED) is 0.369. The normalized spacial score (nSPS) is 30.2. The summed E-state index contributed by atoms with van der Waals surface area (Å²) < 4.78 is 5.38. The summed E-state index contributed by atoms with van der Waals surface area (Å²) in [5, 5.41) is 0. The summed E-state index contributed by atoms with van der Waals surface area (Å²) in [6.07, 6.45) is 4.96. The number of amides is 2. The summed E-state index contributed by atoms with van der Waals surface area (Å²) in [4.78, 5) is 38.4. The minimum absolute atomic E-state index is 0.150. The molecule has 1 aliphatic heterocycles. The number of allylic oxidation sites excluding steroid dienone is 2. The van der Waals surface area contributed by atoms with Crippen LogP contribution >= 0.6 is 0 Å². The van der Waals surface area contributed by atoms with Gasteiger partial charge in [0, 0.05) is 0 Å². The van der Waals surface area contributed by atoms with Crippen molar-refractivity contribution in [3.63, 3.8) is 0 Å². The third-order valence-corrected chi connectivity index (χ3v) is 5.63. The number of fused-ring (bicyclic) bond motifs is 5. The van der Waals surface area contributed by atoms with Crippen LogP contribution in [-0.4, -0.2) is 29.2 Å². The second kappa shape index (κ2) is 5.30. The van der Waals surface area contributed by atoms with Gasteiger partial charge in [0.1, 0.15) is 12.3 Å². The minimum Gasteiger partial charge on any atom is -0.425 e. The van der Waals surface area contributed by atoms with Crippen molar-refractivity contribution in [3.05, 3.63) is 41.5 Å². The molecule has 1 aromatic carbocycles. The van der Waals surface area contributed by atoms with Crippen molar-refractivity contribution >= 4 is 17.8 Å². The van der Waals surface area contributed by atoms with E-state index in [0.717, 1.165) is 22.4 Å². The maximum Gasteiger partial charge on any atom is 0.331 e. The van der Waals surface area contributed by atoms with E-state index in [2.05, 4.69) is 0 Å². The number of ether oxygens (including phenoxy) is 1. The van der Waals surface area contributed by atoms with E-state index in [1.165, 1.54) is 0 Å². The fourth-order valence-corrected chi connectivity index (χ4v) is 4.24. The van der Waals surface area contributed by atoms with E-state index in [1.54, 1.807) is 6.07 Å². The third-order valence-electron chi connectivity index (χ3n) is 5.63. The standard InChI is InChI=1S/C19H19NO4/c1-10-4-3-5-14(11(10)2)24-15(21)9-20-18(22)16-12-6-7-13(8-12)17(16)19(20)23/h3-7,12-13,16-17H,8-9H2,1-2H3. The van der Waals surface area contributed by atoms with Crippen molar-refractivity contribution in [1.29, 1.82) is 0 Å². The van der Waals surface area contributed by atoms with Gasteiger partial charge in [0.05, 0.1) is 11.8 Å². The molecule has 2 bridgehead atoms. The van der Waals surface area contributed by atoms with Gasteiger partial charge in [-0.3, -0.25) is 14.5 Å². The Hall–Kier alpha value is -2.43. The molecule has 0 aromatic heterocycles. The lowest BCUT2D eigenvalue weighted by Crippen LogP contribution is -2.38. The molecule has 0 radical (unpaired) electrons. The van der Waals surface area contributed by atoms with Gasteiger partial charge >= 0.3 is 5.97 Å². The molecule has 0 N–H and O–H groups in total. The lowest BCUT2D eigenvalue weighted by molar-refractivity contribution is -0.148. The second-order valence-electron chi connectivity index (χ2n) is 6.93. The zero-order chi connectivity index (χ0) is 17.0. The molecule has 4 unspecified atom stereocenters. The smallest absolute Gasteiger partial charge is 0.331 e. The van der Waals surface area contributed by atoms with E-state index in [1.807, 2.05) is 38.1 Å². The highest BCUT2D eigenvalue weighted by Crippen LogP contribution is 2.52. The first-order chi connectivity index (χ1) is 11.5. The van der Waals surface area contributed by atoms with Crippen LogP contribution < -0.4 is 4.74 Å². The van der Waals surface area contributed by atoms with Gasteiger partial charge in [0.15, 0.2) is 0 Å². The third kappa shape index (κ3) is 2.11. The molecule has 3 aliphatic rings. The van der Waals surface area contributed by atoms with Crippen LogP contribution in [0.25, 0.3) is 0 Å². The minimum atomic E-state index is -0.578. The molecule has 0 spiro atoms. The van der Waals surface area contributed by atoms with E-state index < -0.39 is 5.97 Å². The number of aryl methyl sites for hydroxylation is 1. The van der Waals surface area contributed by atoms with Crippen molar-refractivity contribution < 1.29 is 19.1 Å². The molecular weight excluding hydrogens is 306 g/mol. The highest BCUT2D eigenvalue weighted by Gasteiger charge is 2.59. The first-order valence-corrected chi connectivity index (χ1v) is 8.28. The molecule has 4 atom stereocenters. The molecule has 2 fully saturated rings. The number of hydrogen-bond acceptors (Lipinski definition) is 4. The largest absolute Gasteiger partial charge is 0.425 e. The molecule has 1 saturated heterocycles. The first-order valence-electron chi connectivity index (χ1n) is 8.28. The lowest BCUT2D eigenvalue weighted by atomic mass is 9.85. The lowest BCUT2D eigenvalue weighted by Gasteiger charge is -2.17. The number of benzene rings is 1. The number of hydrogen-bond donors (Lipinski definition) is 0. The predicted molar refractivity (Wildman–Crippen MR) is 86.0 cm³/mol.